The molecular weight excluding hydrogens is 585 g/mol. The molecule has 0 saturated carbocycles. The van der Waals surface area contributed by atoms with E-state index in [1.807, 2.05) is 26.8 Å². The van der Waals surface area contributed by atoms with Gasteiger partial charge in [-0.25, -0.2) is 0 Å². The minimum Gasteiger partial charge on any atom is -0.504 e. The third-order valence-corrected chi connectivity index (χ3v) is 8.57. The number of nitrogens with zero attached hydrogens (tertiary/aromatic N) is 1. The van der Waals surface area contributed by atoms with Gasteiger partial charge in [-0.1, -0.05) is 44.9 Å². The second kappa shape index (κ2) is 12.8. The normalized spacial score (nSPS) is 23.2. The SMILES string of the molecule is CCCN1C(=O)[C@@H]2[C@@H](CC(C(C)C)=C([C@H](O)CC/C(=C/c3cc(I)c(O)c(OC)c3)CC)[C@@H]2CO)C1=O. The molecule has 2 aliphatic rings. The Balaban J connectivity index is 1.87. The second-order valence-corrected chi connectivity index (χ2v) is 11.5. The van der Waals surface area contributed by atoms with Gasteiger partial charge in [0.05, 0.1) is 35.2 Å². The van der Waals surface area contributed by atoms with Gasteiger partial charge in [-0.3, -0.25) is 14.5 Å². The molecule has 3 N–H and O–H groups in total. The van der Waals surface area contributed by atoms with Crippen LogP contribution in [0.3, 0.4) is 0 Å². The molecule has 0 unspecified atom stereocenters. The van der Waals surface area contributed by atoms with Crippen LogP contribution in [0.25, 0.3) is 6.08 Å². The van der Waals surface area contributed by atoms with E-state index in [0.717, 1.165) is 28.7 Å². The average molecular weight is 626 g/mol. The predicted octanol–water partition coefficient (Wildman–Crippen LogP) is 4.92. The number of aliphatic hydroxyl groups excluding tert-OH is 2. The molecule has 0 bridgehead atoms. The molecule has 8 heteroatoms. The fourth-order valence-corrected chi connectivity index (χ4v) is 6.48. The smallest absolute Gasteiger partial charge is 0.233 e. The van der Waals surface area contributed by atoms with Gasteiger partial charge < -0.3 is 20.1 Å². The molecule has 2 amide bonds. The van der Waals surface area contributed by atoms with Gasteiger partial charge in [-0.05, 0) is 83.9 Å². The van der Waals surface area contributed by atoms with E-state index in [2.05, 4.69) is 35.6 Å². The number of phenols is 1. The Hall–Kier alpha value is -1.91. The lowest BCUT2D eigenvalue weighted by atomic mass is 9.66. The van der Waals surface area contributed by atoms with Crippen molar-refractivity contribution in [2.75, 3.05) is 20.3 Å². The van der Waals surface area contributed by atoms with Crippen molar-refractivity contribution in [2.24, 2.45) is 23.7 Å². The van der Waals surface area contributed by atoms with Crippen molar-refractivity contribution in [1.29, 1.82) is 0 Å². The number of carbonyl (C=O) groups excluding carboxylic acids is 2. The number of aliphatic hydroxyl groups is 2. The zero-order chi connectivity index (χ0) is 27.4. The number of methoxy groups -OCH3 is 1. The van der Waals surface area contributed by atoms with Crippen molar-refractivity contribution in [3.05, 3.63) is 38.0 Å². The molecule has 1 aromatic rings. The molecule has 37 heavy (non-hydrogen) atoms. The number of likely N-dealkylation sites (tertiary alicyclic amines) is 1. The van der Waals surface area contributed by atoms with Gasteiger partial charge in [-0.2, -0.15) is 0 Å². The largest absolute Gasteiger partial charge is 0.504 e. The summed E-state index contributed by atoms with van der Waals surface area (Å²) in [5.74, 6) is -1.35. The molecule has 1 fully saturated rings. The summed E-state index contributed by atoms with van der Waals surface area (Å²) in [5, 5.41) is 32.0. The number of amides is 2. The Labute approximate surface area is 233 Å². The molecule has 1 aliphatic carbocycles. The lowest BCUT2D eigenvalue weighted by Gasteiger charge is -2.38. The van der Waals surface area contributed by atoms with Crippen LogP contribution in [-0.4, -0.2) is 58.4 Å². The molecule has 0 aromatic heterocycles. The van der Waals surface area contributed by atoms with Crippen molar-refractivity contribution >= 4 is 40.5 Å². The molecule has 1 aliphatic heterocycles. The number of hydrogen-bond donors (Lipinski definition) is 3. The van der Waals surface area contributed by atoms with Gasteiger partial charge in [-0.15, -0.1) is 0 Å². The minimum atomic E-state index is -0.817. The van der Waals surface area contributed by atoms with Crippen LogP contribution < -0.4 is 4.74 Å². The summed E-state index contributed by atoms with van der Waals surface area (Å²) in [6, 6.07) is 3.68. The summed E-state index contributed by atoms with van der Waals surface area (Å²) in [6.45, 7) is 8.20. The molecule has 4 atom stereocenters. The Morgan fingerprint density at radius 1 is 1.24 bits per heavy atom. The summed E-state index contributed by atoms with van der Waals surface area (Å²) in [7, 11) is 1.52. The van der Waals surface area contributed by atoms with Crippen LogP contribution in [0.5, 0.6) is 11.5 Å². The summed E-state index contributed by atoms with van der Waals surface area (Å²) in [4.78, 5) is 27.7. The van der Waals surface area contributed by atoms with E-state index in [4.69, 9.17) is 4.74 Å². The number of hydrogen-bond acceptors (Lipinski definition) is 6. The molecule has 1 saturated heterocycles. The lowest BCUT2D eigenvalue weighted by Crippen LogP contribution is -2.40. The zero-order valence-electron chi connectivity index (χ0n) is 22.5. The van der Waals surface area contributed by atoms with E-state index in [1.165, 1.54) is 12.0 Å². The molecular formula is C29H40INO6. The first kappa shape index (κ1) is 29.6. The van der Waals surface area contributed by atoms with Gasteiger partial charge in [0.25, 0.3) is 0 Å². The Morgan fingerprint density at radius 2 is 1.95 bits per heavy atom. The third kappa shape index (κ3) is 6.06. The molecule has 7 nitrogen and oxygen atoms in total. The average Bonchev–Trinajstić information content (AvgIpc) is 3.11. The highest BCUT2D eigenvalue weighted by molar-refractivity contribution is 14.1. The number of halogens is 1. The van der Waals surface area contributed by atoms with Crippen LogP contribution in [0.15, 0.2) is 28.9 Å². The first-order valence-corrected chi connectivity index (χ1v) is 14.3. The maximum atomic E-state index is 13.2. The number of ether oxygens (including phenoxy) is 1. The van der Waals surface area contributed by atoms with Gasteiger partial charge >= 0.3 is 0 Å². The quantitative estimate of drug-likeness (QED) is 0.183. The topological polar surface area (TPSA) is 107 Å². The van der Waals surface area contributed by atoms with Crippen molar-refractivity contribution < 1.29 is 29.6 Å². The molecule has 1 aromatic carbocycles. The highest BCUT2D eigenvalue weighted by Crippen LogP contribution is 2.48. The number of carbonyl (C=O) groups is 2. The summed E-state index contributed by atoms with van der Waals surface area (Å²) in [5.41, 5.74) is 3.78. The molecule has 0 radical (unpaired) electrons. The second-order valence-electron chi connectivity index (χ2n) is 10.4. The minimum absolute atomic E-state index is 0.0931. The van der Waals surface area contributed by atoms with E-state index in [0.29, 0.717) is 41.5 Å². The van der Waals surface area contributed by atoms with Crippen molar-refractivity contribution in [3.63, 3.8) is 0 Å². The molecule has 1 heterocycles. The van der Waals surface area contributed by atoms with E-state index in [9.17, 15) is 24.9 Å². The maximum Gasteiger partial charge on any atom is 0.233 e. The van der Waals surface area contributed by atoms with E-state index < -0.39 is 23.9 Å². The Bertz CT molecular complexity index is 1080. The van der Waals surface area contributed by atoms with Gasteiger partial charge in [0, 0.05) is 12.5 Å². The fraction of sp³-hybridized carbons (Fsp3) is 0.586. The molecule has 0 spiro atoms. The highest BCUT2D eigenvalue weighted by Gasteiger charge is 2.54. The number of allylic oxidation sites excluding steroid dienone is 2. The molecule has 204 valence electrons. The monoisotopic (exact) mass is 625 g/mol. The number of phenolic OH excluding ortho intramolecular Hbond substituents is 1. The predicted molar refractivity (Wildman–Crippen MR) is 152 cm³/mol. The first-order chi connectivity index (χ1) is 17.6. The van der Waals surface area contributed by atoms with Crippen molar-refractivity contribution in [1.82, 2.24) is 4.90 Å². The van der Waals surface area contributed by atoms with Crippen LogP contribution in [0.4, 0.5) is 0 Å². The van der Waals surface area contributed by atoms with Gasteiger partial charge in [0.2, 0.25) is 11.8 Å². The fourth-order valence-electron chi connectivity index (χ4n) is 5.85. The Kier molecular flexibility index (Phi) is 10.2. The summed E-state index contributed by atoms with van der Waals surface area (Å²) >= 11 is 2.07. The van der Waals surface area contributed by atoms with Crippen LogP contribution in [-0.2, 0) is 9.59 Å². The van der Waals surface area contributed by atoms with Crippen LogP contribution >= 0.6 is 22.6 Å². The lowest BCUT2D eigenvalue weighted by molar-refractivity contribution is -0.140. The first-order valence-electron chi connectivity index (χ1n) is 13.2. The van der Waals surface area contributed by atoms with E-state index in [1.54, 1.807) is 6.07 Å². The number of rotatable bonds is 11. The Morgan fingerprint density at radius 3 is 2.51 bits per heavy atom. The standard InChI is InChI=1S/C29H40INO6/c1-6-10-31-28(35)20-14-19(16(3)4)25(21(15-32)26(20)29(31)36)23(33)9-8-17(7-2)11-18-12-22(30)27(34)24(13-18)37-5/h11-13,16,20-21,23,26,32-34H,6-10,14-15H2,1-5H3/b17-11+/t20-,21+,23-,26-/m1/s1. The van der Waals surface area contributed by atoms with Gasteiger partial charge in [0.15, 0.2) is 11.5 Å². The number of fused-ring (bicyclic) bond motifs is 1. The summed E-state index contributed by atoms with van der Waals surface area (Å²) < 4.78 is 5.98. The third-order valence-electron chi connectivity index (χ3n) is 7.75. The summed E-state index contributed by atoms with van der Waals surface area (Å²) in [6.07, 6.45) is 4.26. The van der Waals surface area contributed by atoms with Crippen LogP contribution in [0.1, 0.15) is 65.4 Å². The van der Waals surface area contributed by atoms with Gasteiger partial charge in [0.1, 0.15) is 0 Å². The van der Waals surface area contributed by atoms with E-state index >= 15 is 0 Å². The number of imide groups is 1. The van der Waals surface area contributed by atoms with E-state index in [-0.39, 0.29) is 30.1 Å². The van der Waals surface area contributed by atoms with Crippen LogP contribution in [0.2, 0.25) is 0 Å². The van der Waals surface area contributed by atoms with Crippen LogP contribution in [0, 0.1) is 27.2 Å². The number of benzene rings is 1. The maximum absolute atomic E-state index is 13.2. The van der Waals surface area contributed by atoms with Crippen molar-refractivity contribution in [2.45, 2.75) is 65.9 Å². The molecule has 3 rings (SSSR count). The van der Waals surface area contributed by atoms with Crippen molar-refractivity contribution in [3.8, 4) is 11.5 Å². The number of aromatic hydroxyl groups is 1. The zero-order valence-corrected chi connectivity index (χ0v) is 24.6. The highest BCUT2D eigenvalue weighted by atomic mass is 127.